The van der Waals surface area contributed by atoms with E-state index in [1.54, 1.807) is 22.8 Å². The van der Waals surface area contributed by atoms with E-state index >= 15 is 0 Å². The van der Waals surface area contributed by atoms with Crippen LogP contribution in [0, 0.1) is 0 Å². The summed E-state index contributed by atoms with van der Waals surface area (Å²) in [6.07, 6.45) is 5.60. The molecule has 9 nitrogen and oxygen atoms in total. The molecule has 33 heavy (non-hydrogen) atoms. The van der Waals surface area contributed by atoms with Gasteiger partial charge < -0.3 is 20.3 Å². The number of halogens is 2. The van der Waals surface area contributed by atoms with Crippen molar-refractivity contribution in [2.75, 3.05) is 18.1 Å². The van der Waals surface area contributed by atoms with Crippen LogP contribution in [0.15, 0.2) is 30.5 Å². The molecule has 3 heterocycles. The molecule has 0 amide bonds. The first-order valence-electron chi connectivity index (χ1n) is 10.4. The first kappa shape index (κ1) is 26.0. The molecule has 2 aromatic heterocycles. The molecule has 180 valence electrons. The van der Waals surface area contributed by atoms with E-state index in [4.69, 9.17) is 38.2 Å². The largest absolute Gasteiger partial charge is 0.366 e. The second kappa shape index (κ2) is 11.7. The molecular formula is C21H28Cl2N6O3S. The minimum atomic E-state index is -1.50. The van der Waals surface area contributed by atoms with Gasteiger partial charge >= 0.3 is 0 Å². The van der Waals surface area contributed by atoms with Crippen molar-refractivity contribution in [3.05, 3.63) is 46.3 Å². The Hall–Kier alpha value is -1.66. The van der Waals surface area contributed by atoms with Crippen molar-refractivity contribution < 1.29 is 14.9 Å². The zero-order valence-corrected chi connectivity index (χ0v) is 21.0. The van der Waals surface area contributed by atoms with Crippen molar-refractivity contribution in [2.45, 2.75) is 51.4 Å². The van der Waals surface area contributed by atoms with Gasteiger partial charge in [-0.2, -0.15) is 15.1 Å². The van der Waals surface area contributed by atoms with Crippen LogP contribution in [0.1, 0.15) is 38.5 Å². The van der Waals surface area contributed by atoms with Gasteiger partial charge in [0.15, 0.2) is 17.7 Å². The van der Waals surface area contributed by atoms with Crippen molar-refractivity contribution in [2.24, 2.45) is 0 Å². The van der Waals surface area contributed by atoms with E-state index in [2.05, 4.69) is 25.1 Å². The molecule has 1 aromatic carbocycles. The Bertz CT molecular complexity index is 1060. The number of rotatable bonds is 7. The van der Waals surface area contributed by atoms with Gasteiger partial charge in [-0.25, -0.2) is 4.68 Å². The third-order valence-electron chi connectivity index (χ3n) is 4.64. The summed E-state index contributed by atoms with van der Waals surface area (Å²) in [6, 6.07) is 7.68. The molecule has 3 aromatic rings. The Morgan fingerprint density at radius 3 is 2.64 bits per heavy atom. The van der Waals surface area contributed by atoms with E-state index in [1.807, 2.05) is 30.5 Å². The lowest BCUT2D eigenvalue weighted by Gasteiger charge is -2.15. The van der Waals surface area contributed by atoms with Crippen LogP contribution in [-0.2, 0) is 11.3 Å². The van der Waals surface area contributed by atoms with Gasteiger partial charge in [-0.1, -0.05) is 41.7 Å². The summed E-state index contributed by atoms with van der Waals surface area (Å²) in [4.78, 5) is 8.72. The second-order valence-electron chi connectivity index (χ2n) is 7.95. The second-order valence-corrected chi connectivity index (χ2v) is 9.39. The van der Waals surface area contributed by atoms with Crippen molar-refractivity contribution in [1.29, 1.82) is 0 Å². The summed E-state index contributed by atoms with van der Waals surface area (Å²) in [5.74, 6) is -0.875. The Morgan fingerprint density at radius 1 is 1.21 bits per heavy atom. The van der Waals surface area contributed by atoms with E-state index in [-0.39, 0.29) is 17.6 Å². The number of aliphatic hydroxyl groups is 2. The number of benzene rings is 1. The maximum absolute atomic E-state index is 8.08. The maximum Gasteiger partial charge on any atom is 0.226 e. The number of hydrogen-bond donors (Lipinski definition) is 4. The number of nitrogens with one attached hydrogen (secondary N) is 2. The normalized spacial score (nSPS) is 18.3. The van der Waals surface area contributed by atoms with E-state index in [0.717, 1.165) is 30.3 Å². The van der Waals surface area contributed by atoms with Gasteiger partial charge in [0.05, 0.1) is 17.7 Å². The monoisotopic (exact) mass is 514 g/mol. The third kappa shape index (κ3) is 7.68. The molecule has 0 bridgehead atoms. The highest BCUT2D eigenvalue weighted by atomic mass is 35.5. The summed E-state index contributed by atoms with van der Waals surface area (Å²) in [5.41, 5.74) is 1.63. The zero-order chi connectivity index (χ0) is 24.0. The molecule has 0 saturated carbocycles. The van der Waals surface area contributed by atoms with Crippen LogP contribution in [0.3, 0.4) is 0 Å². The average Bonchev–Trinajstić information content (AvgIpc) is 3.37. The van der Waals surface area contributed by atoms with Crippen LogP contribution in [0.5, 0.6) is 0 Å². The highest BCUT2D eigenvalue weighted by molar-refractivity contribution is 7.96. The Morgan fingerprint density at radius 2 is 1.94 bits per heavy atom. The first-order chi connectivity index (χ1) is 15.7. The predicted molar refractivity (Wildman–Crippen MR) is 132 cm³/mol. The van der Waals surface area contributed by atoms with Gasteiger partial charge in [-0.05, 0) is 56.2 Å². The molecule has 12 heteroatoms. The number of hydrogen-bond acceptors (Lipinski definition) is 9. The number of anilines is 1. The molecule has 0 aliphatic carbocycles. The zero-order valence-electron chi connectivity index (χ0n) is 18.6. The third-order valence-corrected chi connectivity index (χ3v) is 5.64. The topological polar surface area (TPSA) is 117 Å². The molecule has 4 N–H and O–H groups in total. The van der Waals surface area contributed by atoms with Gasteiger partial charge in [-0.15, -0.1) is 0 Å². The number of ether oxygens (including phenoxy) is 1. The Balaban J connectivity index is 0.000000555. The SMILES string of the molecule is CC(C)(O)O.CSNCC1CCC(n2ncc3c(NCc4ccccc4Cl)nc(Cl)nc32)O1. The highest BCUT2D eigenvalue weighted by Gasteiger charge is 2.29. The number of aromatic nitrogens is 4. The number of nitrogens with zero attached hydrogens (tertiary/aromatic N) is 4. The fraction of sp³-hybridized carbons (Fsp3) is 0.476. The summed E-state index contributed by atoms with van der Waals surface area (Å²) < 4.78 is 11.2. The molecule has 0 spiro atoms. The van der Waals surface area contributed by atoms with Gasteiger partial charge in [0.25, 0.3) is 0 Å². The van der Waals surface area contributed by atoms with Crippen molar-refractivity contribution in [1.82, 2.24) is 24.5 Å². The van der Waals surface area contributed by atoms with Crippen molar-refractivity contribution in [3.63, 3.8) is 0 Å². The molecule has 0 radical (unpaired) electrons. The van der Waals surface area contributed by atoms with Crippen LogP contribution in [0.25, 0.3) is 11.0 Å². The maximum atomic E-state index is 8.08. The van der Waals surface area contributed by atoms with E-state index in [0.29, 0.717) is 23.0 Å². The van der Waals surface area contributed by atoms with Gasteiger partial charge in [-0.3, -0.25) is 4.72 Å². The first-order valence-corrected chi connectivity index (χ1v) is 12.4. The molecule has 4 rings (SSSR count). The highest BCUT2D eigenvalue weighted by Crippen LogP contribution is 2.32. The van der Waals surface area contributed by atoms with E-state index in [9.17, 15) is 0 Å². The van der Waals surface area contributed by atoms with Crippen molar-refractivity contribution in [3.8, 4) is 0 Å². The van der Waals surface area contributed by atoms with Gasteiger partial charge in [0.1, 0.15) is 5.82 Å². The Labute approximate surface area is 207 Å². The fourth-order valence-electron chi connectivity index (χ4n) is 3.26. The lowest BCUT2D eigenvalue weighted by molar-refractivity contribution is -0.127. The van der Waals surface area contributed by atoms with Crippen LogP contribution >= 0.6 is 35.1 Å². The van der Waals surface area contributed by atoms with Crippen LogP contribution < -0.4 is 10.0 Å². The summed E-state index contributed by atoms with van der Waals surface area (Å²) in [7, 11) is 0. The standard InChI is InChI=1S/C18H20Cl2N6OS.C3H8O2/c1-28-23-9-12-6-7-15(27-12)26-17-13(10-22-26)16(24-18(20)25-17)21-8-11-4-2-3-5-14(11)19;1-3(2,4)5/h2-5,10,12,15,23H,6-9H2,1H3,(H,21,24,25);4-5H,1-2H3. The summed E-state index contributed by atoms with van der Waals surface area (Å²) >= 11 is 14.0. The minimum Gasteiger partial charge on any atom is -0.366 e. The molecule has 1 aliphatic rings. The predicted octanol–water partition coefficient (Wildman–Crippen LogP) is 4.00. The summed E-state index contributed by atoms with van der Waals surface area (Å²) in [5, 5.41) is 25.6. The van der Waals surface area contributed by atoms with E-state index in [1.165, 1.54) is 13.8 Å². The molecule has 2 atom stereocenters. The van der Waals surface area contributed by atoms with E-state index < -0.39 is 5.79 Å². The average molecular weight is 515 g/mol. The molecule has 1 fully saturated rings. The molecule has 2 unspecified atom stereocenters. The number of fused-ring (bicyclic) bond motifs is 1. The van der Waals surface area contributed by atoms with Crippen LogP contribution in [0.2, 0.25) is 10.3 Å². The van der Waals surface area contributed by atoms with Crippen LogP contribution in [0.4, 0.5) is 5.82 Å². The smallest absolute Gasteiger partial charge is 0.226 e. The summed E-state index contributed by atoms with van der Waals surface area (Å²) in [6.45, 7) is 3.92. The van der Waals surface area contributed by atoms with Gasteiger partial charge in [0, 0.05) is 18.1 Å². The fourth-order valence-corrected chi connectivity index (χ4v) is 3.98. The van der Waals surface area contributed by atoms with Gasteiger partial charge in [0.2, 0.25) is 5.28 Å². The molecule has 1 saturated heterocycles. The lowest BCUT2D eigenvalue weighted by Crippen LogP contribution is -2.22. The lowest BCUT2D eigenvalue weighted by atomic mass is 10.2. The Kier molecular flexibility index (Phi) is 9.17. The van der Waals surface area contributed by atoms with Crippen molar-refractivity contribution >= 4 is 52.0 Å². The quantitative estimate of drug-likeness (QED) is 0.210. The minimum absolute atomic E-state index is 0.159. The molecule has 1 aliphatic heterocycles. The molecular weight excluding hydrogens is 487 g/mol. The van der Waals surface area contributed by atoms with Crippen LogP contribution in [-0.4, -0.2) is 54.7 Å².